The van der Waals surface area contributed by atoms with Crippen LogP contribution in [0.3, 0.4) is 0 Å². The smallest absolute Gasteiger partial charge is 0.0297 e. The number of fused-ring (bicyclic) bond motifs is 2. The Morgan fingerprint density at radius 3 is 1.11 bits per heavy atom. The third-order valence-electron chi connectivity index (χ3n) is 14.1. The average Bonchev–Trinajstić information content (AvgIpc) is 0.927. The Kier molecular flexibility index (Phi) is 15.4. The zero-order chi connectivity index (χ0) is 86.2. The van der Waals surface area contributed by atoms with Crippen LogP contribution < -0.4 is 0 Å². The van der Waals surface area contributed by atoms with Crippen LogP contribution in [0.5, 0.6) is 0 Å². The van der Waals surface area contributed by atoms with Crippen LogP contribution in [0.2, 0.25) is 0 Å². The molecule has 0 heterocycles. The molecule has 8 fully saturated rings. The lowest BCUT2D eigenvalue weighted by atomic mass is 9.52. The van der Waals surface area contributed by atoms with E-state index in [2.05, 4.69) is 48.5 Å². The molecule has 8 rings (SSSR count). The quantitative estimate of drug-likeness (QED) is 0.258. The van der Waals surface area contributed by atoms with Crippen LogP contribution in [0.4, 0.5) is 0 Å². The van der Waals surface area contributed by atoms with Gasteiger partial charge in [0.15, 0.2) is 0 Å². The number of hydrogen-bond donors (Lipinski definition) is 0. The molecule has 6 bridgehead atoms. The van der Waals surface area contributed by atoms with Gasteiger partial charge in [-0.25, -0.2) is 0 Å². The fourth-order valence-corrected chi connectivity index (χ4v) is 9.77. The first-order valence-electron chi connectivity index (χ1n) is 47.1. The maximum absolute atomic E-state index is 7.39. The van der Waals surface area contributed by atoms with Crippen molar-refractivity contribution in [2.24, 2.45) is 93.6 Å². The van der Waals surface area contributed by atoms with Crippen molar-refractivity contribution in [1.82, 2.24) is 0 Å². The highest BCUT2D eigenvalue weighted by Crippen LogP contribution is 2.56. The second kappa shape index (κ2) is 40.7. The van der Waals surface area contributed by atoms with E-state index in [1.807, 2.05) is 0 Å². The first-order chi connectivity index (χ1) is 47.1. The van der Waals surface area contributed by atoms with E-state index in [0.29, 0.717) is 6.92 Å². The molecule has 0 aromatic heterocycles. The molecule has 0 amide bonds. The van der Waals surface area contributed by atoms with Crippen molar-refractivity contribution in [3.05, 3.63) is 0 Å². The molecule has 0 saturated heterocycles. The third-order valence-corrected chi connectivity index (χ3v) is 14.1. The second-order valence-electron chi connectivity index (χ2n) is 20.9. The minimum Gasteiger partial charge on any atom is -0.0654 e. The van der Waals surface area contributed by atoms with Gasteiger partial charge in [-0.15, -0.1) is 0 Å². The molecule has 0 nitrogen and oxygen atoms in total. The van der Waals surface area contributed by atoms with E-state index in [4.69, 9.17) is 57.6 Å². The van der Waals surface area contributed by atoms with E-state index in [-0.39, 0.29) is 12.8 Å². The second-order valence-corrected chi connectivity index (χ2v) is 20.9. The summed E-state index contributed by atoms with van der Waals surface area (Å²) in [6, 6.07) is 0. The molecular formula is C65H136. The lowest BCUT2D eigenvalue weighted by Gasteiger charge is -2.53. The van der Waals surface area contributed by atoms with Crippen molar-refractivity contribution < 1.29 is 57.6 Å². The van der Waals surface area contributed by atoms with Gasteiger partial charge in [-0.05, 0) is 145 Å². The van der Waals surface area contributed by atoms with Crippen molar-refractivity contribution in [1.29, 1.82) is 0 Å². The summed E-state index contributed by atoms with van der Waals surface area (Å²) >= 11 is 0. The molecule has 0 N–H and O–H groups in total. The molecule has 0 heteroatoms. The molecule has 8 aliphatic carbocycles. The van der Waals surface area contributed by atoms with Gasteiger partial charge < -0.3 is 0 Å². The first-order valence-corrected chi connectivity index (χ1v) is 26.1. The predicted molar refractivity (Wildman–Crippen MR) is 305 cm³/mol. The highest BCUT2D eigenvalue weighted by atomic mass is 14.5. The third kappa shape index (κ3) is 43.7. The number of rotatable bonds is 5. The van der Waals surface area contributed by atoms with Crippen LogP contribution in [0.25, 0.3) is 0 Å². The lowest BCUT2D eigenvalue weighted by molar-refractivity contribution is -0.0282. The van der Waals surface area contributed by atoms with Gasteiger partial charge >= 0.3 is 0 Å². The van der Waals surface area contributed by atoms with E-state index >= 15 is 0 Å². The molecule has 8 aliphatic rings. The molecule has 0 aliphatic heterocycles. The largest absolute Gasteiger partial charge is 0.0654 e. The summed E-state index contributed by atoms with van der Waals surface area (Å²) in [7, 11) is 0. The maximum atomic E-state index is 7.39. The van der Waals surface area contributed by atoms with Gasteiger partial charge in [0, 0.05) is 57.6 Å². The van der Waals surface area contributed by atoms with E-state index < -0.39 is 130 Å². The molecule has 3 unspecified atom stereocenters. The van der Waals surface area contributed by atoms with Gasteiger partial charge in [-0.2, -0.15) is 0 Å². The Hall–Kier alpha value is 0. The summed E-state index contributed by atoms with van der Waals surface area (Å²) in [5.74, 6) is 5.42. The van der Waals surface area contributed by atoms with E-state index in [1.165, 1.54) is 84.5 Å². The van der Waals surface area contributed by atoms with Gasteiger partial charge in [0.2, 0.25) is 0 Å². The summed E-state index contributed by atoms with van der Waals surface area (Å²) in [5, 5.41) is 0. The van der Waals surface area contributed by atoms with Crippen molar-refractivity contribution >= 4 is 0 Å². The standard InChI is InChI=1S/C11H18.C8H14.C7H14.C6H12.3C6H14.3C5H12/c1-7-10-3-8-2-9(5-10)6-11(7)4-8;1-6-4-7-2-3-8(6)5-7;1-7-5-3-2-4-6-7;1-6-4-2-3-5-6;2*1-5-6(2,3)4;1-4-5-6(2)3;3*1-4-5(2)3/h7-11H,2-6H2,1H3;6-8H,2-5H2,1H3;7H,2-6H2,1H3;6H,2-5H2,1H3;2*5H2,1-4H3;6H,4-5H2,1-3H3;3*5H,4H2,1-3H3/i;;;;2D3,3D3,4D3,5D2;2D3,3D3,4D3;;2D3,3D3,4D2,5D;2D3,3D3,5D;2D3,3D3. The maximum Gasteiger partial charge on any atom is 0.0297 e. The zero-order valence-electron chi connectivity index (χ0n) is 86.2. The molecule has 396 valence electrons. The Morgan fingerprint density at radius 2 is 0.969 bits per heavy atom. The van der Waals surface area contributed by atoms with Crippen molar-refractivity contribution in [2.45, 2.75) is 326 Å². The van der Waals surface area contributed by atoms with E-state index in [9.17, 15) is 0 Å². The van der Waals surface area contributed by atoms with Crippen LogP contribution in [0.1, 0.15) is 383 Å². The van der Waals surface area contributed by atoms with Crippen LogP contribution >= 0.6 is 0 Å². The van der Waals surface area contributed by atoms with Crippen LogP contribution in [-0.2, 0) is 0 Å². The molecule has 0 aromatic rings. The Morgan fingerprint density at radius 1 is 0.492 bits per heavy atom. The van der Waals surface area contributed by atoms with Crippen LogP contribution in [0, 0.1) is 93.6 Å². The van der Waals surface area contributed by atoms with E-state index in [0.717, 1.165) is 72.0 Å². The highest BCUT2D eigenvalue weighted by molar-refractivity contribution is 4.96. The lowest BCUT2D eigenvalue weighted by Crippen LogP contribution is -2.43. The van der Waals surface area contributed by atoms with Crippen LogP contribution in [0.15, 0.2) is 0 Å². The Bertz CT molecular complexity index is 2220. The fraction of sp³-hybridized carbons (Fsp3) is 1.00. The Balaban J connectivity index is -0.00000114. The molecule has 0 aromatic carbocycles. The van der Waals surface area contributed by atoms with Crippen molar-refractivity contribution in [3.8, 4) is 0 Å². The predicted octanol–water partition coefficient (Wildman–Crippen LogP) is 23.8. The van der Waals surface area contributed by atoms with E-state index in [1.54, 1.807) is 64.7 Å². The van der Waals surface area contributed by atoms with Crippen molar-refractivity contribution in [3.63, 3.8) is 0 Å². The normalized spacial score (nSPS) is 39.8. The fourth-order valence-electron chi connectivity index (χ4n) is 9.77. The van der Waals surface area contributed by atoms with Gasteiger partial charge in [-0.1, -0.05) is 274 Å². The summed E-state index contributed by atoms with van der Waals surface area (Å²) < 4.78 is 298. The summed E-state index contributed by atoms with van der Waals surface area (Å²) in [6.07, 6.45) is 24.2. The molecule has 0 radical (unpaired) electrons. The minimum atomic E-state index is -3.48. The number of hydrogen-bond acceptors (Lipinski definition) is 0. The van der Waals surface area contributed by atoms with Gasteiger partial charge in [-0.3, -0.25) is 0 Å². The summed E-state index contributed by atoms with van der Waals surface area (Å²) in [4.78, 5) is 0. The molecular weight excluding hydrogens is 781 g/mol. The summed E-state index contributed by atoms with van der Waals surface area (Å²) in [6.45, 7) is -14.2. The monoisotopic (exact) mass is 959 g/mol. The highest BCUT2D eigenvalue weighted by Gasteiger charge is 2.46. The Labute approximate surface area is 477 Å². The van der Waals surface area contributed by atoms with Gasteiger partial charge in [0.25, 0.3) is 0 Å². The van der Waals surface area contributed by atoms with Crippen molar-refractivity contribution in [2.75, 3.05) is 0 Å². The van der Waals surface area contributed by atoms with Gasteiger partial charge in [0.1, 0.15) is 0 Å². The molecule has 8 saturated carbocycles. The van der Waals surface area contributed by atoms with Gasteiger partial charge in [0.05, 0.1) is 0 Å². The summed E-state index contributed by atoms with van der Waals surface area (Å²) in [5.41, 5.74) is -6.06. The topological polar surface area (TPSA) is 0 Å². The molecule has 3 atom stereocenters. The minimum absolute atomic E-state index is 0.160. The van der Waals surface area contributed by atoms with Crippen LogP contribution in [-0.4, -0.2) is 0 Å². The average molecular weight is 960 g/mol. The SMILES string of the molecule is CC1C2CC3CC(C2)CC1C3.CC1CC2CCC1C2.CC1CCCC1.CC1CCCCC1.CCCC(C)C.[2H]C([2H])([2H])C(C([2H])([2H])[2H])(C([2H])([2H])[2H])C([2H])([2H])C.[2H]C([2H])([2H])C(CC)(C([2H])([2H])[2H])C([2H])([2H])[2H].[2H]C([2H])([2H])C(CC)C([2H])([2H])[2H].[2H]C([2H])([2H])C([2H])(C([2H])([2H])[2H])C([2H])([2H])C.[2H]C([2H])([2H])C([2H])(CC)C([2H])([2H])[2H]. The molecule has 0 spiro atoms. The zero-order valence-corrected chi connectivity index (χ0v) is 44.2. The molecule has 65 heavy (non-hydrogen) atoms. The first kappa shape index (κ1) is 24.6.